The molecule has 0 aliphatic heterocycles. The third kappa shape index (κ3) is 1.68. The molecule has 3 rings (SSSR count). The minimum absolute atomic E-state index is 0.0143. The summed E-state index contributed by atoms with van der Waals surface area (Å²) >= 11 is 0. The lowest BCUT2D eigenvalue weighted by Crippen LogP contribution is -2.48. The molecule has 1 heterocycles. The Hall–Kier alpha value is -1.85. The number of aromatic nitrogens is 2. The number of aryl methyl sites for hydroxylation is 1. The van der Waals surface area contributed by atoms with Gasteiger partial charge in [0.25, 0.3) is 0 Å². The van der Waals surface area contributed by atoms with Crippen molar-refractivity contribution < 1.29 is 14.7 Å². The minimum atomic E-state index is -0.712. The van der Waals surface area contributed by atoms with Crippen LogP contribution in [0.4, 0.5) is 0 Å². The molecule has 2 saturated carbocycles. The van der Waals surface area contributed by atoms with E-state index in [4.69, 9.17) is 5.11 Å². The summed E-state index contributed by atoms with van der Waals surface area (Å²) < 4.78 is 1.85. The van der Waals surface area contributed by atoms with Crippen molar-refractivity contribution >= 4 is 11.9 Å². The lowest BCUT2D eigenvalue weighted by atomic mass is 9.80. The van der Waals surface area contributed by atoms with Gasteiger partial charge in [-0.05, 0) is 18.8 Å². The fourth-order valence-electron chi connectivity index (χ4n) is 2.88. The van der Waals surface area contributed by atoms with E-state index in [2.05, 4.69) is 10.3 Å². The Kier molecular flexibility index (Phi) is 2.39. The fourth-order valence-corrected chi connectivity index (χ4v) is 2.88. The summed E-state index contributed by atoms with van der Waals surface area (Å²) in [7, 11) is 0. The van der Waals surface area contributed by atoms with Crippen molar-refractivity contribution in [3.8, 4) is 0 Å². The van der Waals surface area contributed by atoms with Crippen molar-refractivity contribution in [2.75, 3.05) is 0 Å². The molecular weight excluding hydrogens is 234 g/mol. The van der Waals surface area contributed by atoms with E-state index in [0.29, 0.717) is 19.4 Å². The van der Waals surface area contributed by atoms with Crippen molar-refractivity contribution in [1.29, 1.82) is 0 Å². The second-order valence-corrected chi connectivity index (χ2v) is 5.20. The van der Waals surface area contributed by atoms with Crippen molar-refractivity contribution in [3.05, 3.63) is 18.7 Å². The number of rotatable bonds is 5. The molecule has 2 aliphatic carbocycles. The number of carbonyl (C=O) groups excluding carboxylic acids is 1. The zero-order chi connectivity index (χ0) is 12.8. The highest BCUT2D eigenvalue weighted by atomic mass is 16.4. The average molecular weight is 249 g/mol. The monoisotopic (exact) mass is 249 g/mol. The van der Waals surface area contributed by atoms with E-state index in [-0.39, 0.29) is 17.9 Å². The van der Waals surface area contributed by atoms with E-state index in [0.717, 1.165) is 6.42 Å². The molecule has 6 nitrogen and oxygen atoms in total. The molecule has 0 radical (unpaired) electrons. The third-order valence-electron chi connectivity index (χ3n) is 4.13. The molecule has 0 unspecified atom stereocenters. The quantitative estimate of drug-likeness (QED) is 0.783. The number of nitrogens with one attached hydrogen (secondary N) is 1. The van der Waals surface area contributed by atoms with Crippen molar-refractivity contribution in [2.24, 2.45) is 11.3 Å². The summed E-state index contributed by atoms with van der Waals surface area (Å²) in [6.45, 7) is 0.604. The zero-order valence-corrected chi connectivity index (χ0v) is 9.87. The Morgan fingerprint density at radius 1 is 1.50 bits per heavy atom. The van der Waals surface area contributed by atoms with E-state index < -0.39 is 11.4 Å². The number of hydrogen-bond donors (Lipinski definition) is 2. The van der Waals surface area contributed by atoms with E-state index in [1.807, 2.05) is 10.8 Å². The van der Waals surface area contributed by atoms with Crippen LogP contribution in [0.2, 0.25) is 0 Å². The smallest absolute Gasteiger partial charge is 0.310 e. The van der Waals surface area contributed by atoms with Crippen LogP contribution < -0.4 is 5.32 Å². The van der Waals surface area contributed by atoms with Crippen molar-refractivity contribution in [1.82, 2.24) is 14.9 Å². The normalized spacial score (nSPS) is 32.2. The summed E-state index contributed by atoms with van der Waals surface area (Å²) in [5.74, 6) is -0.566. The van der Waals surface area contributed by atoms with Gasteiger partial charge in [-0.15, -0.1) is 0 Å². The van der Waals surface area contributed by atoms with Crippen LogP contribution in [0.3, 0.4) is 0 Å². The van der Waals surface area contributed by atoms with Crippen LogP contribution in [-0.2, 0) is 16.1 Å². The largest absolute Gasteiger partial charge is 0.481 e. The number of carbonyl (C=O) groups is 2. The number of amides is 1. The van der Waals surface area contributed by atoms with E-state index in [9.17, 15) is 9.59 Å². The van der Waals surface area contributed by atoms with Gasteiger partial charge < -0.3 is 15.0 Å². The highest BCUT2D eigenvalue weighted by molar-refractivity contribution is 5.83. The molecule has 0 aromatic carbocycles. The molecule has 0 saturated heterocycles. The first-order valence-corrected chi connectivity index (χ1v) is 6.10. The first kappa shape index (κ1) is 11.3. The number of nitrogens with zero attached hydrogens (tertiary/aromatic N) is 2. The number of imidazole rings is 1. The SMILES string of the molecule is O=C(CCn1ccnc1)N[C@@H]1C[C@@]2(C(=O)O)C[C@@H]12. The van der Waals surface area contributed by atoms with Crippen LogP contribution in [-0.4, -0.2) is 32.6 Å². The molecule has 3 atom stereocenters. The van der Waals surface area contributed by atoms with Crippen LogP contribution in [0.5, 0.6) is 0 Å². The topological polar surface area (TPSA) is 84.2 Å². The highest BCUT2D eigenvalue weighted by Gasteiger charge is 2.72. The molecule has 1 aromatic heterocycles. The van der Waals surface area contributed by atoms with Crippen LogP contribution in [0.15, 0.2) is 18.7 Å². The summed E-state index contributed by atoms with van der Waals surface area (Å²) in [6, 6.07) is 0.0661. The molecular formula is C12H15N3O3. The first-order chi connectivity index (χ1) is 8.62. The molecule has 18 heavy (non-hydrogen) atoms. The molecule has 1 amide bonds. The average Bonchev–Trinajstić information content (AvgIpc) is 2.73. The molecule has 1 aromatic rings. The van der Waals surface area contributed by atoms with Crippen LogP contribution in [0, 0.1) is 11.3 Å². The van der Waals surface area contributed by atoms with Gasteiger partial charge in [-0.3, -0.25) is 9.59 Å². The molecule has 2 fully saturated rings. The van der Waals surface area contributed by atoms with Crippen LogP contribution >= 0.6 is 0 Å². The Labute approximate surface area is 104 Å². The lowest BCUT2D eigenvalue weighted by Gasteiger charge is -2.32. The molecule has 6 heteroatoms. The zero-order valence-electron chi connectivity index (χ0n) is 9.87. The van der Waals surface area contributed by atoms with Gasteiger partial charge in [0.15, 0.2) is 0 Å². The van der Waals surface area contributed by atoms with Gasteiger partial charge in [-0.2, -0.15) is 0 Å². The van der Waals surface area contributed by atoms with Gasteiger partial charge in [0.1, 0.15) is 0 Å². The third-order valence-corrected chi connectivity index (χ3v) is 4.13. The van der Waals surface area contributed by atoms with Gasteiger partial charge in [0.05, 0.1) is 11.7 Å². The van der Waals surface area contributed by atoms with Gasteiger partial charge in [0, 0.05) is 31.4 Å². The number of carboxylic acid groups (broad SMARTS) is 1. The van der Waals surface area contributed by atoms with Gasteiger partial charge in [0.2, 0.25) is 5.91 Å². The van der Waals surface area contributed by atoms with Crippen molar-refractivity contribution in [2.45, 2.75) is 31.8 Å². The Bertz CT molecular complexity index is 485. The van der Waals surface area contributed by atoms with Gasteiger partial charge >= 0.3 is 5.97 Å². The number of carboxylic acids is 1. The Morgan fingerprint density at radius 3 is 2.89 bits per heavy atom. The Morgan fingerprint density at radius 2 is 2.33 bits per heavy atom. The van der Waals surface area contributed by atoms with E-state index in [1.165, 1.54) is 0 Å². The predicted molar refractivity (Wildman–Crippen MR) is 61.6 cm³/mol. The lowest BCUT2D eigenvalue weighted by molar-refractivity contribution is -0.148. The highest BCUT2D eigenvalue weighted by Crippen LogP contribution is 2.67. The molecule has 2 N–H and O–H groups in total. The predicted octanol–water partition coefficient (Wildman–Crippen LogP) is 0.253. The van der Waals surface area contributed by atoms with Crippen LogP contribution in [0.25, 0.3) is 0 Å². The summed E-state index contributed by atoms with van der Waals surface area (Å²) in [4.78, 5) is 26.5. The molecule has 2 aliphatic rings. The standard InChI is InChI=1S/C12H15N3O3/c16-10(1-3-15-4-2-13-7-15)14-9-6-12(11(17)18)5-8(9)12/h2,4,7-9H,1,3,5-6H2,(H,14,16)(H,17,18)/t8-,9+,12-/m0/s1. The molecule has 0 bridgehead atoms. The second-order valence-electron chi connectivity index (χ2n) is 5.20. The van der Waals surface area contributed by atoms with E-state index in [1.54, 1.807) is 12.5 Å². The van der Waals surface area contributed by atoms with Crippen LogP contribution in [0.1, 0.15) is 19.3 Å². The van der Waals surface area contributed by atoms with E-state index >= 15 is 0 Å². The summed E-state index contributed by atoms with van der Waals surface area (Å²) in [6.07, 6.45) is 6.87. The maximum Gasteiger partial charge on any atom is 0.310 e. The number of aliphatic carboxylic acids is 1. The summed E-state index contributed by atoms with van der Waals surface area (Å²) in [5, 5.41) is 11.9. The minimum Gasteiger partial charge on any atom is -0.481 e. The maximum atomic E-state index is 11.7. The maximum absolute atomic E-state index is 11.7. The fraction of sp³-hybridized carbons (Fsp3) is 0.583. The number of hydrogen-bond acceptors (Lipinski definition) is 3. The second kappa shape index (κ2) is 3.83. The number of fused-ring (bicyclic) bond motifs is 1. The van der Waals surface area contributed by atoms with Gasteiger partial charge in [-0.25, -0.2) is 4.98 Å². The van der Waals surface area contributed by atoms with Gasteiger partial charge in [-0.1, -0.05) is 0 Å². The summed E-state index contributed by atoms with van der Waals surface area (Å²) in [5.41, 5.74) is -0.498. The van der Waals surface area contributed by atoms with Crippen molar-refractivity contribution in [3.63, 3.8) is 0 Å². The first-order valence-electron chi connectivity index (χ1n) is 6.10. The molecule has 96 valence electrons. The molecule has 0 spiro atoms. The Balaban J connectivity index is 1.43.